The van der Waals surface area contributed by atoms with Gasteiger partial charge in [-0.1, -0.05) is 30.3 Å². The number of aromatic amines is 1. The summed E-state index contributed by atoms with van der Waals surface area (Å²) >= 11 is 1.71. The number of aromatic hydroxyl groups is 1. The Labute approximate surface area is 136 Å². The van der Waals surface area contributed by atoms with Gasteiger partial charge in [-0.05, 0) is 23.8 Å². The SMILES string of the molecule is N=C(N)N=Nc1c(O)[nH]c2cc(SCc3ccccc3)ccc12. The van der Waals surface area contributed by atoms with E-state index in [-0.39, 0.29) is 11.6 Å². The van der Waals surface area contributed by atoms with Crippen molar-refractivity contribution in [2.75, 3.05) is 0 Å². The second-order valence-corrected chi connectivity index (χ2v) is 5.94. The fourth-order valence-electron chi connectivity index (χ4n) is 2.18. The van der Waals surface area contributed by atoms with Crippen molar-refractivity contribution in [2.45, 2.75) is 10.6 Å². The summed E-state index contributed by atoms with van der Waals surface area (Å²) in [4.78, 5) is 3.95. The number of fused-ring (bicyclic) bond motifs is 1. The largest absolute Gasteiger partial charge is 0.493 e. The number of rotatable bonds is 4. The van der Waals surface area contributed by atoms with Crippen molar-refractivity contribution in [1.82, 2.24) is 4.98 Å². The summed E-state index contributed by atoms with van der Waals surface area (Å²) in [7, 11) is 0. The minimum Gasteiger partial charge on any atom is -0.493 e. The van der Waals surface area contributed by atoms with Gasteiger partial charge in [0.15, 0.2) is 5.69 Å². The van der Waals surface area contributed by atoms with Crippen LogP contribution in [0.15, 0.2) is 63.7 Å². The van der Waals surface area contributed by atoms with Gasteiger partial charge in [-0.15, -0.1) is 22.0 Å². The van der Waals surface area contributed by atoms with Gasteiger partial charge < -0.3 is 15.8 Å². The molecule has 0 saturated heterocycles. The Morgan fingerprint density at radius 3 is 2.74 bits per heavy atom. The predicted octanol–water partition coefficient (Wildman–Crippen LogP) is 4.14. The molecule has 23 heavy (non-hydrogen) atoms. The summed E-state index contributed by atoms with van der Waals surface area (Å²) in [5.74, 6) is 0.375. The van der Waals surface area contributed by atoms with E-state index in [1.54, 1.807) is 11.8 Å². The van der Waals surface area contributed by atoms with Gasteiger partial charge in [-0.25, -0.2) is 0 Å². The Balaban J connectivity index is 1.84. The second kappa shape index (κ2) is 6.53. The molecule has 6 nitrogen and oxygen atoms in total. The number of nitrogens with two attached hydrogens (primary N) is 1. The lowest BCUT2D eigenvalue weighted by molar-refractivity contribution is 0.459. The van der Waals surface area contributed by atoms with Gasteiger partial charge in [0.1, 0.15) is 0 Å². The Morgan fingerprint density at radius 1 is 1.22 bits per heavy atom. The van der Waals surface area contributed by atoms with E-state index in [9.17, 15) is 5.11 Å². The molecule has 0 aliphatic rings. The third kappa shape index (κ3) is 3.51. The zero-order valence-electron chi connectivity index (χ0n) is 12.2. The highest BCUT2D eigenvalue weighted by atomic mass is 32.2. The number of hydrogen-bond acceptors (Lipinski definition) is 4. The van der Waals surface area contributed by atoms with Crippen molar-refractivity contribution >= 4 is 34.3 Å². The standard InChI is InChI=1S/C16H15N5OS/c17-16(18)21-20-14-12-7-6-11(8-13(12)19-15(14)22)23-9-10-4-2-1-3-5-10/h1-8,19,22H,9H2,(H3,17,18). The summed E-state index contributed by atoms with van der Waals surface area (Å²) in [6.07, 6.45) is 0. The van der Waals surface area contributed by atoms with Crippen LogP contribution in [0.1, 0.15) is 5.56 Å². The number of nitrogens with one attached hydrogen (secondary N) is 2. The number of azo groups is 1. The summed E-state index contributed by atoms with van der Waals surface area (Å²) in [6.45, 7) is 0. The highest BCUT2D eigenvalue weighted by Gasteiger charge is 2.11. The molecular formula is C16H15N5OS. The molecule has 5 N–H and O–H groups in total. The first-order valence-electron chi connectivity index (χ1n) is 6.90. The molecule has 0 atom stereocenters. The minimum absolute atomic E-state index is 0.0878. The molecule has 2 aromatic carbocycles. The van der Waals surface area contributed by atoms with E-state index in [1.807, 2.05) is 36.4 Å². The maximum Gasteiger partial charge on any atom is 0.232 e. The van der Waals surface area contributed by atoms with Crippen LogP contribution in [0, 0.1) is 5.41 Å². The smallest absolute Gasteiger partial charge is 0.232 e. The normalized spacial score (nSPS) is 11.3. The molecule has 116 valence electrons. The number of H-pyrrole nitrogens is 1. The molecule has 7 heteroatoms. The van der Waals surface area contributed by atoms with Crippen LogP contribution < -0.4 is 5.73 Å². The van der Waals surface area contributed by atoms with Gasteiger partial charge in [0.05, 0.1) is 5.52 Å². The van der Waals surface area contributed by atoms with Crippen LogP contribution in [0.4, 0.5) is 5.69 Å². The van der Waals surface area contributed by atoms with Crippen molar-refractivity contribution in [1.29, 1.82) is 5.41 Å². The Morgan fingerprint density at radius 2 is 2.00 bits per heavy atom. The summed E-state index contributed by atoms with van der Waals surface area (Å²) in [5.41, 5.74) is 7.45. The molecule has 1 aromatic heterocycles. The van der Waals surface area contributed by atoms with Crippen LogP contribution in [0.25, 0.3) is 10.9 Å². The molecule has 3 aromatic rings. The molecule has 0 fully saturated rings. The van der Waals surface area contributed by atoms with E-state index in [4.69, 9.17) is 11.1 Å². The van der Waals surface area contributed by atoms with Crippen molar-refractivity contribution in [3.8, 4) is 5.88 Å². The van der Waals surface area contributed by atoms with Crippen molar-refractivity contribution < 1.29 is 5.11 Å². The number of aromatic nitrogens is 1. The first kappa shape index (κ1) is 15.1. The van der Waals surface area contributed by atoms with Crippen LogP contribution in [0.3, 0.4) is 0 Å². The summed E-state index contributed by atoms with van der Waals surface area (Å²) in [6, 6.07) is 16.0. The average molecular weight is 325 g/mol. The van der Waals surface area contributed by atoms with E-state index < -0.39 is 5.96 Å². The fraction of sp³-hybridized carbons (Fsp3) is 0.0625. The molecule has 0 amide bonds. The Bertz CT molecular complexity index is 873. The third-order valence-electron chi connectivity index (χ3n) is 3.23. The first-order valence-corrected chi connectivity index (χ1v) is 7.89. The van der Waals surface area contributed by atoms with Crippen LogP contribution >= 0.6 is 11.8 Å². The zero-order valence-corrected chi connectivity index (χ0v) is 13.0. The van der Waals surface area contributed by atoms with E-state index in [2.05, 4.69) is 27.3 Å². The van der Waals surface area contributed by atoms with E-state index >= 15 is 0 Å². The lowest BCUT2D eigenvalue weighted by Crippen LogP contribution is -2.03. The lowest BCUT2D eigenvalue weighted by Gasteiger charge is -2.02. The topological polar surface area (TPSA) is 111 Å². The molecule has 0 saturated carbocycles. The first-order chi connectivity index (χ1) is 11.1. The lowest BCUT2D eigenvalue weighted by atomic mass is 10.2. The molecule has 0 radical (unpaired) electrons. The molecule has 1 heterocycles. The maximum absolute atomic E-state index is 9.92. The molecular weight excluding hydrogens is 310 g/mol. The quantitative estimate of drug-likeness (QED) is 0.250. The van der Waals surface area contributed by atoms with E-state index in [0.717, 1.165) is 21.6 Å². The summed E-state index contributed by atoms with van der Waals surface area (Å²) in [5, 5.41) is 25.0. The van der Waals surface area contributed by atoms with Gasteiger partial charge in [0.2, 0.25) is 11.8 Å². The third-order valence-corrected chi connectivity index (χ3v) is 4.29. The van der Waals surface area contributed by atoms with Crippen LogP contribution in [0.2, 0.25) is 0 Å². The highest BCUT2D eigenvalue weighted by Crippen LogP contribution is 2.37. The van der Waals surface area contributed by atoms with Gasteiger partial charge in [0.25, 0.3) is 0 Å². The molecule has 0 unspecified atom stereocenters. The Hall–Kier alpha value is -2.80. The predicted molar refractivity (Wildman–Crippen MR) is 92.4 cm³/mol. The fourth-order valence-corrected chi connectivity index (χ4v) is 3.07. The van der Waals surface area contributed by atoms with Crippen LogP contribution in [-0.4, -0.2) is 16.1 Å². The molecule has 0 aliphatic carbocycles. The number of benzene rings is 2. The maximum atomic E-state index is 9.92. The van der Waals surface area contributed by atoms with Gasteiger partial charge in [-0.3, -0.25) is 5.41 Å². The molecule has 0 bridgehead atoms. The van der Waals surface area contributed by atoms with Crippen molar-refractivity contribution in [2.24, 2.45) is 16.0 Å². The van der Waals surface area contributed by atoms with Crippen LogP contribution in [0.5, 0.6) is 5.88 Å². The van der Waals surface area contributed by atoms with Crippen molar-refractivity contribution in [3.63, 3.8) is 0 Å². The highest BCUT2D eigenvalue weighted by molar-refractivity contribution is 7.98. The van der Waals surface area contributed by atoms with Gasteiger partial charge in [-0.2, -0.15) is 0 Å². The van der Waals surface area contributed by atoms with Crippen LogP contribution in [-0.2, 0) is 5.75 Å². The molecule has 0 spiro atoms. The number of nitrogens with zero attached hydrogens (tertiary/aromatic N) is 2. The van der Waals surface area contributed by atoms with Gasteiger partial charge >= 0.3 is 0 Å². The number of hydrogen-bond donors (Lipinski definition) is 4. The van der Waals surface area contributed by atoms with Gasteiger partial charge in [0, 0.05) is 16.0 Å². The monoisotopic (exact) mass is 325 g/mol. The number of guanidine groups is 1. The molecule has 3 rings (SSSR count). The molecule has 0 aliphatic heterocycles. The average Bonchev–Trinajstić information content (AvgIpc) is 2.86. The van der Waals surface area contributed by atoms with Crippen molar-refractivity contribution in [3.05, 3.63) is 54.1 Å². The summed E-state index contributed by atoms with van der Waals surface area (Å²) < 4.78 is 0. The minimum atomic E-state index is -0.409. The zero-order chi connectivity index (χ0) is 16.2. The second-order valence-electron chi connectivity index (χ2n) is 4.89. The van der Waals surface area contributed by atoms with E-state index in [0.29, 0.717) is 0 Å². The van der Waals surface area contributed by atoms with E-state index in [1.165, 1.54) is 5.56 Å². The number of thioether (sulfide) groups is 1. The Kier molecular flexibility index (Phi) is 4.29.